The van der Waals surface area contributed by atoms with Crippen molar-refractivity contribution in [3.63, 3.8) is 0 Å². The number of rotatable bonds is 1. The Morgan fingerprint density at radius 3 is 2.64 bits per heavy atom. The van der Waals surface area contributed by atoms with Crippen LogP contribution in [0.5, 0.6) is 0 Å². The molecule has 1 fully saturated rings. The maximum Gasteiger partial charge on any atom is 0.00387 e. The number of likely N-dealkylation sites (tertiary alicyclic amines) is 1. The van der Waals surface area contributed by atoms with Crippen LogP contribution in [0.3, 0.4) is 0 Å². The Morgan fingerprint density at radius 1 is 1.27 bits per heavy atom. The molecule has 1 aliphatic heterocycles. The summed E-state index contributed by atoms with van der Waals surface area (Å²) in [6.45, 7) is 9.62. The molecule has 11 heavy (non-hydrogen) atoms. The van der Waals surface area contributed by atoms with Crippen LogP contribution in [0.4, 0.5) is 0 Å². The van der Waals surface area contributed by atoms with Gasteiger partial charge in [-0.15, -0.1) is 0 Å². The Bertz CT molecular complexity index is 109. The van der Waals surface area contributed by atoms with Crippen LogP contribution in [0.25, 0.3) is 0 Å². The predicted octanol–water partition coefficient (Wildman–Crippen LogP) is 2.52. The van der Waals surface area contributed by atoms with Crippen molar-refractivity contribution in [2.24, 2.45) is 5.92 Å². The van der Waals surface area contributed by atoms with Gasteiger partial charge in [-0.2, -0.15) is 0 Å². The molecule has 1 aliphatic rings. The molecule has 0 bridgehead atoms. The molecule has 1 heteroatoms. The fourth-order valence-corrected chi connectivity index (χ4v) is 1.86. The molecule has 0 N–H and O–H groups in total. The first-order valence-corrected chi connectivity index (χ1v) is 4.94. The summed E-state index contributed by atoms with van der Waals surface area (Å²) in [6.07, 6.45) is 4.27. The highest BCUT2D eigenvalue weighted by Crippen LogP contribution is 2.16. The smallest absolute Gasteiger partial charge is 0.00387 e. The van der Waals surface area contributed by atoms with Gasteiger partial charge in [0.25, 0.3) is 0 Å². The van der Waals surface area contributed by atoms with Gasteiger partial charge >= 0.3 is 0 Å². The van der Waals surface area contributed by atoms with Crippen molar-refractivity contribution in [2.75, 3.05) is 13.1 Å². The lowest BCUT2D eigenvalue weighted by Gasteiger charge is -2.26. The minimum absolute atomic E-state index is 0.746. The summed E-state index contributed by atoms with van der Waals surface area (Å²) >= 11 is 0. The molecule has 0 amide bonds. The average Bonchev–Trinajstić information content (AvgIpc) is 2.13. The van der Waals surface area contributed by atoms with Crippen LogP contribution in [0.2, 0.25) is 0 Å². The van der Waals surface area contributed by atoms with E-state index >= 15 is 0 Å². The molecule has 0 spiro atoms. The van der Waals surface area contributed by atoms with Crippen molar-refractivity contribution >= 4 is 0 Å². The predicted molar refractivity (Wildman–Crippen MR) is 49.7 cm³/mol. The van der Waals surface area contributed by atoms with Gasteiger partial charge in [0.05, 0.1) is 0 Å². The maximum atomic E-state index is 2.61. The third-order valence-corrected chi connectivity index (χ3v) is 2.67. The van der Waals surface area contributed by atoms with E-state index in [0.717, 1.165) is 12.0 Å². The van der Waals surface area contributed by atoms with Gasteiger partial charge in [-0.3, -0.25) is 0 Å². The lowest BCUT2D eigenvalue weighted by molar-refractivity contribution is 0.208. The van der Waals surface area contributed by atoms with Crippen LogP contribution in [-0.2, 0) is 0 Å². The fourth-order valence-electron chi connectivity index (χ4n) is 1.86. The van der Waals surface area contributed by atoms with Gasteiger partial charge in [0, 0.05) is 12.6 Å². The Morgan fingerprint density at radius 2 is 2.00 bits per heavy atom. The van der Waals surface area contributed by atoms with Crippen LogP contribution in [0, 0.1) is 5.92 Å². The molecule has 1 saturated heterocycles. The van der Waals surface area contributed by atoms with Crippen molar-refractivity contribution in [3.8, 4) is 0 Å². The molecule has 66 valence electrons. The minimum Gasteiger partial charge on any atom is -0.301 e. The molecule has 0 radical (unpaired) electrons. The van der Waals surface area contributed by atoms with E-state index in [2.05, 4.69) is 25.7 Å². The molecule has 0 saturated carbocycles. The summed E-state index contributed by atoms with van der Waals surface area (Å²) in [5, 5.41) is 0. The second-order valence-corrected chi connectivity index (χ2v) is 4.19. The van der Waals surface area contributed by atoms with Crippen molar-refractivity contribution in [1.82, 2.24) is 4.90 Å². The van der Waals surface area contributed by atoms with E-state index in [1.807, 2.05) is 0 Å². The summed E-state index contributed by atoms with van der Waals surface area (Å²) in [6, 6.07) is 0.746. The molecule has 1 rings (SSSR count). The van der Waals surface area contributed by atoms with Gasteiger partial charge in [-0.05, 0) is 39.2 Å². The van der Waals surface area contributed by atoms with Crippen molar-refractivity contribution in [3.05, 3.63) is 0 Å². The van der Waals surface area contributed by atoms with E-state index in [-0.39, 0.29) is 0 Å². The Balaban J connectivity index is 2.39. The first-order valence-electron chi connectivity index (χ1n) is 4.94. The van der Waals surface area contributed by atoms with Crippen LogP contribution in [0.15, 0.2) is 0 Å². The van der Waals surface area contributed by atoms with E-state index in [0.29, 0.717) is 0 Å². The average molecular weight is 155 g/mol. The normalized spacial score (nSPS) is 28.9. The van der Waals surface area contributed by atoms with Crippen LogP contribution >= 0.6 is 0 Å². The van der Waals surface area contributed by atoms with Crippen LogP contribution < -0.4 is 0 Å². The molecular formula is C10H21N. The van der Waals surface area contributed by atoms with Gasteiger partial charge in [-0.1, -0.05) is 13.3 Å². The zero-order valence-corrected chi connectivity index (χ0v) is 8.14. The van der Waals surface area contributed by atoms with Crippen LogP contribution in [-0.4, -0.2) is 24.0 Å². The standard InChI is InChI=1S/C10H21N/c1-9(2)11-7-5-4-6-10(3)8-11/h9-10H,4-8H2,1-3H3/t10-/m1/s1. The molecule has 0 unspecified atom stereocenters. The van der Waals surface area contributed by atoms with Gasteiger partial charge in [0.1, 0.15) is 0 Å². The topological polar surface area (TPSA) is 3.24 Å². The van der Waals surface area contributed by atoms with Crippen molar-refractivity contribution < 1.29 is 0 Å². The molecule has 0 aromatic carbocycles. The van der Waals surface area contributed by atoms with Gasteiger partial charge < -0.3 is 4.90 Å². The molecule has 1 nitrogen and oxygen atoms in total. The quantitative estimate of drug-likeness (QED) is 0.562. The van der Waals surface area contributed by atoms with E-state index in [1.54, 1.807) is 0 Å². The van der Waals surface area contributed by atoms with Crippen LogP contribution in [0.1, 0.15) is 40.0 Å². The SMILES string of the molecule is CC(C)N1CCCC[C@@H](C)C1. The van der Waals surface area contributed by atoms with Crippen molar-refractivity contribution in [2.45, 2.75) is 46.1 Å². The highest BCUT2D eigenvalue weighted by Gasteiger charge is 2.15. The van der Waals surface area contributed by atoms with E-state index in [4.69, 9.17) is 0 Å². The van der Waals surface area contributed by atoms with Gasteiger partial charge in [0.15, 0.2) is 0 Å². The molecule has 0 aliphatic carbocycles. The zero-order valence-electron chi connectivity index (χ0n) is 8.14. The second-order valence-electron chi connectivity index (χ2n) is 4.19. The molecule has 0 aromatic heterocycles. The summed E-state index contributed by atoms with van der Waals surface area (Å²) in [4.78, 5) is 2.61. The summed E-state index contributed by atoms with van der Waals surface area (Å²) in [5.41, 5.74) is 0. The Labute approximate surface area is 70.8 Å². The largest absolute Gasteiger partial charge is 0.301 e. The number of hydrogen-bond donors (Lipinski definition) is 0. The summed E-state index contributed by atoms with van der Waals surface area (Å²) in [7, 11) is 0. The first kappa shape index (κ1) is 9.05. The lowest BCUT2D eigenvalue weighted by Crippen LogP contribution is -2.33. The Kier molecular flexibility index (Phi) is 3.38. The first-order chi connectivity index (χ1) is 5.20. The zero-order chi connectivity index (χ0) is 8.27. The molecular weight excluding hydrogens is 134 g/mol. The summed E-state index contributed by atoms with van der Waals surface area (Å²) in [5.74, 6) is 0.917. The van der Waals surface area contributed by atoms with Gasteiger partial charge in [0.2, 0.25) is 0 Å². The highest BCUT2D eigenvalue weighted by atomic mass is 15.1. The van der Waals surface area contributed by atoms with E-state index < -0.39 is 0 Å². The maximum absolute atomic E-state index is 2.61. The van der Waals surface area contributed by atoms with E-state index in [9.17, 15) is 0 Å². The number of nitrogens with zero attached hydrogens (tertiary/aromatic N) is 1. The summed E-state index contributed by atoms with van der Waals surface area (Å²) < 4.78 is 0. The monoisotopic (exact) mass is 155 g/mol. The third-order valence-electron chi connectivity index (χ3n) is 2.67. The molecule has 0 aromatic rings. The minimum atomic E-state index is 0.746. The van der Waals surface area contributed by atoms with Gasteiger partial charge in [-0.25, -0.2) is 0 Å². The molecule has 1 heterocycles. The molecule has 1 atom stereocenters. The number of hydrogen-bond acceptors (Lipinski definition) is 1. The van der Waals surface area contributed by atoms with Crippen molar-refractivity contribution in [1.29, 1.82) is 0 Å². The third kappa shape index (κ3) is 2.82. The lowest BCUT2D eigenvalue weighted by atomic mass is 10.1. The Hall–Kier alpha value is -0.0400. The highest BCUT2D eigenvalue weighted by molar-refractivity contribution is 4.70. The fraction of sp³-hybridized carbons (Fsp3) is 1.00. The second kappa shape index (κ2) is 4.10. The van der Waals surface area contributed by atoms with E-state index in [1.165, 1.54) is 32.4 Å².